The van der Waals surface area contributed by atoms with Crippen molar-refractivity contribution in [1.82, 2.24) is 0 Å². The first kappa shape index (κ1) is 33.2. The molecule has 8 nitrogen and oxygen atoms in total. The lowest BCUT2D eigenvalue weighted by atomic mass is 9.91. The molecule has 0 unspecified atom stereocenters. The lowest BCUT2D eigenvalue weighted by Crippen LogP contribution is -2.58. The standard InChI is InChI=1S/C28H54O8SSi2/c1-26(2,3)38(10,11)35-23-18-24(36-39(12,13)27(4,5)6)25-22(34-37(9,29)30)17-16-21-20(15-14-19(23)31-25)32-28(7,8)33-21/h17,19-21,23-25H,14-16,18H2,1-13H3/b22-17+/t19-,20-,21-,23+,24-,25+/m0/s1. The van der Waals surface area contributed by atoms with E-state index in [1.54, 1.807) is 0 Å². The molecule has 3 heterocycles. The zero-order chi connectivity index (χ0) is 29.8. The van der Waals surface area contributed by atoms with Gasteiger partial charge in [-0.2, -0.15) is 8.42 Å². The van der Waals surface area contributed by atoms with E-state index in [0.29, 0.717) is 19.3 Å². The van der Waals surface area contributed by atoms with Gasteiger partial charge in [0.1, 0.15) is 11.9 Å². The van der Waals surface area contributed by atoms with Crippen molar-refractivity contribution in [3.05, 3.63) is 11.8 Å². The molecule has 2 saturated heterocycles. The van der Waals surface area contributed by atoms with Crippen molar-refractivity contribution >= 4 is 26.8 Å². The zero-order valence-corrected chi connectivity index (χ0v) is 29.4. The van der Waals surface area contributed by atoms with Gasteiger partial charge >= 0.3 is 10.1 Å². The lowest BCUT2D eigenvalue weighted by Gasteiger charge is -2.49. The molecule has 228 valence electrons. The molecule has 0 amide bonds. The molecule has 11 heteroatoms. The summed E-state index contributed by atoms with van der Waals surface area (Å²) in [5.74, 6) is -0.443. The Hall–Kier alpha value is -0.276. The molecule has 0 spiro atoms. The van der Waals surface area contributed by atoms with Crippen molar-refractivity contribution < 1.29 is 35.7 Å². The predicted octanol–water partition coefficient (Wildman–Crippen LogP) is 6.49. The minimum absolute atomic E-state index is 0.0254. The van der Waals surface area contributed by atoms with E-state index in [-0.39, 0.29) is 40.3 Å². The van der Waals surface area contributed by atoms with E-state index in [1.165, 1.54) is 0 Å². The highest BCUT2D eigenvalue weighted by Crippen LogP contribution is 2.45. The summed E-state index contributed by atoms with van der Waals surface area (Å²) < 4.78 is 63.8. The average Bonchev–Trinajstić information content (AvgIpc) is 3.01. The minimum atomic E-state index is -3.80. The molecule has 0 saturated carbocycles. The highest BCUT2D eigenvalue weighted by Gasteiger charge is 2.51. The van der Waals surface area contributed by atoms with Crippen LogP contribution in [-0.4, -0.2) is 73.7 Å². The normalized spacial score (nSPS) is 34.1. The smallest absolute Gasteiger partial charge is 0.306 e. The molecule has 0 aromatic carbocycles. The summed E-state index contributed by atoms with van der Waals surface area (Å²) in [5, 5.41) is -0.0113. The molecule has 3 aliphatic rings. The van der Waals surface area contributed by atoms with Crippen LogP contribution in [0.3, 0.4) is 0 Å². The highest BCUT2D eigenvalue weighted by atomic mass is 32.2. The molecule has 2 fully saturated rings. The van der Waals surface area contributed by atoms with Crippen molar-refractivity contribution in [1.29, 1.82) is 0 Å². The number of rotatable bonds is 6. The Morgan fingerprint density at radius 1 is 0.846 bits per heavy atom. The summed E-state index contributed by atoms with van der Waals surface area (Å²) in [6, 6.07) is 0. The maximum absolute atomic E-state index is 12.4. The first-order chi connectivity index (χ1) is 17.4. The molecule has 0 aliphatic carbocycles. The Labute approximate surface area is 239 Å². The van der Waals surface area contributed by atoms with Crippen molar-refractivity contribution in [2.45, 2.75) is 160 Å². The Kier molecular flexibility index (Phi) is 9.45. The second-order valence-electron chi connectivity index (χ2n) is 15.1. The average molecular weight is 607 g/mol. The Bertz CT molecular complexity index is 1010. The van der Waals surface area contributed by atoms with Crippen LogP contribution in [-0.2, 0) is 37.4 Å². The summed E-state index contributed by atoms with van der Waals surface area (Å²) in [6.45, 7) is 26.1. The summed E-state index contributed by atoms with van der Waals surface area (Å²) in [5.41, 5.74) is 0. The molecule has 0 radical (unpaired) electrons. The molecular weight excluding hydrogens is 553 g/mol. The molecule has 3 rings (SSSR count). The maximum atomic E-state index is 12.4. The summed E-state index contributed by atoms with van der Waals surface area (Å²) in [6.07, 6.45) is 3.54. The van der Waals surface area contributed by atoms with Gasteiger partial charge in [0.05, 0.1) is 36.8 Å². The van der Waals surface area contributed by atoms with E-state index in [4.69, 9.17) is 27.2 Å². The number of ether oxygens (including phenoxy) is 3. The van der Waals surface area contributed by atoms with Crippen LogP contribution in [0.5, 0.6) is 0 Å². The van der Waals surface area contributed by atoms with Crippen molar-refractivity contribution in [3.8, 4) is 0 Å². The van der Waals surface area contributed by atoms with Gasteiger partial charge in [0, 0.05) is 6.42 Å². The van der Waals surface area contributed by atoms with Crippen LogP contribution in [0.25, 0.3) is 0 Å². The van der Waals surface area contributed by atoms with Crippen molar-refractivity contribution in [3.63, 3.8) is 0 Å². The monoisotopic (exact) mass is 606 g/mol. The predicted molar refractivity (Wildman–Crippen MR) is 159 cm³/mol. The van der Waals surface area contributed by atoms with E-state index in [9.17, 15) is 8.42 Å². The Balaban J connectivity index is 2.08. The first-order valence-electron chi connectivity index (χ1n) is 14.4. The Morgan fingerprint density at radius 3 is 1.85 bits per heavy atom. The van der Waals surface area contributed by atoms with Crippen LogP contribution in [0.1, 0.15) is 81.1 Å². The molecule has 0 N–H and O–H groups in total. The molecule has 0 aromatic rings. The molecular formula is C28H54O8SSi2. The number of hydrogen-bond acceptors (Lipinski definition) is 8. The van der Waals surface area contributed by atoms with E-state index >= 15 is 0 Å². The first-order valence-corrected chi connectivity index (χ1v) is 22.0. The van der Waals surface area contributed by atoms with Gasteiger partial charge < -0.3 is 27.2 Å². The molecule has 2 bridgehead atoms. The minimum Gasteiger partial charge on any atom is -0.411 e. The van der Waals surface area contributed by atoms with Crippen LogP contribution in [0.4, 0.5) is 0 Å². The zero-order valence-electron chi connectivity index (χ0n) is 26.5. The van der Waals surface area contributed by atoms with E-state index in [1.807, 2.05) is 19.9 Å². The Morgan fingerprint density at radius 2 is 1.33 bits per heavy atom. The number of hydrogen-bond donors (Lipinski definition) is 0. The van der Waals surface area contributed by atoms with Crippen molar-refractivity contribution in [2.24, 2.45) is 0 Å². The fourth-order valence-corrected chi connectivity index (χ4v) is 8.20. The summed E-state index contributed by atoms with van der Waals surface area (Å²) in [7, 11) is -8.21. The van der Waals surface area contributed by atoms with Crippen molar-refractivity contribution in [2.75, 3.05) is 6.26 Å². The van der Waals surface area contributed by atoms with E-state index in [0.717, 1.165) is 12.7 Å². The van der Waals surface area contributed by atoms with Gasteiger partial charge in [-0.3, -0.25) is 0 Å². The quantitative estimate of drug-likeness (QED) is 0.250. The topological polar surface area (TPSA) is 89.5 Å². The molecule has 6 atom stereocenters. The van der Waals surface area contributed by atoms with Gasteiger partial charge in [-0.15, -0.1) is 0 Å². The van der Waals surface area contributed by atoms with E-state index in [2.05, 4.69) is 67.7 Å². The maximum Gasteiger partial charge on any atom is 0.306 e. The third kappa shape index (κ3) is 8.18. The number of fused-ring (bicyclic) bond motifs is 3. The summed E-state index contributed by atoms with van der Waals surface area (Å²) >= 11 is 0. The fourth-order valence-electron chi connectivity index (χ4n) is 5.00. The van der Waals surface area contributed by atoms with Gasteiger partial charge in [0.25, 0.3) is 0 Å². The van der Waals surface area contributed by atoms with Gasteiger partial charge in [0.2, 0.25) is 0 Å². The molecule has 0 aromatic heterocycles. The second-order valence-corrected chi connectivity index (χ2v) is 26.2. The highest BCUT2D eigenvalue weighted by molar-refractivity contribution is 7.86. The van der Waals surface area contributed by atoms with Crippen LogP contribution in [0, 0.1) is 0 Å². The van der Waals surface area contributed by atoms with Gasteiger partial charge in [-0.1, -0.05) is 41.5 Å². The van der Waals surface area contributed by atoms with Gasteiger partial charge in [-0.05, 0) is 75.5 Å². The SMILES string of the molecule is CC1(C)O[C@H]2C/C=C(/OS(C)(=O)=O)[C@H]3O[C@@H](CC[C@@H]2O1)[C@H](O[Si](C)(C)C(C)(C)C)C[C@@H]3O[Si](C)(C)C(C)(C)C. The second kappa shape index (κ2) is 11.1. The largest absolute Gasteiger partial charge is 0.411 e. The van der Waals surface area contributed by atoms with Crippen LogP contribution in [0.2, 0.25) is 36.3 Å². The van der Waals surface area contributed by atoms with Crippen LogP contribution in [0.15, 0.2) is 11.8 Å². The van der Waals surface area contributed by atoms with Gasteiger partial charge in [0.15, 0.2) is 22.4 Å². The van der Waals surface area contributed by atoms with Crippen LogP contribution < -0.4 is 0 Å². The van der Waals surface area contributed by atoms with Crippen LogP contribution >= 0.6 is 0 Å². The lowest BCUT2D eigenvalue weighted by molar-refractivity contribution is -0.162. The fraction of sp³-hybridized carbons (Fsp3) is 0.929. The third-order valence-corrected chi connectivity index (χ3v) is 18.6. The van der Waals surface area contributed by atoms with Gasteiger partial charge in [-0.25, -0.2) is 0 Å². The summed E-state index contributed by atoms with van der Waals surface area (Å²) in [4.78, 5) is 0. The molecule has 3 aliphatic heterocycles. The van der Waals surface area contributed by atoms with E-state index < -0.39 is 44.7 Å². The molecule has 39 heavy (non-hydrogen) atoms. The third-order valence-electron chi connectivity index (χ3n) is 9.14.